The number of nitrogens with zero attached hydrogens (tertiary/aromatic N) is 2. The van der Waals surface area contributed by atoms with Crippen molar-refractivity contribution in [1.82, 2.24) is 15.1 Å². The zero-order valence-corrected chi connectivity index (χ0v) is 11.8. The lowest BCUT2D eigenvalue weighted by Gasteiger charge is -2.05. The van der Waals surface area contributed by atoms with Crippen molar-refractivity contribution in [3.63, 3.8) is 0 Å². The first-order valence-corrected chi connectivity index (χ1v) is 6.64. The van der Waals surface area contributed by atoms with Gasteiger partial charge >= 0.3 is 0 Å². The number of hydrogen-bond donors (Lipinski definition) is 1. The number of carbonyl (C=O) groups is 1. The summed E-state index contributed by atoms with van der Waals surface area (Å²) >= 11 is 0. The number of nitrogens with one attached hydrogen (secondary N) is 1. The highest BCUT2D eigenvalue weighted by Crippen LogP contribution is 2.06. The summed E-state index contributed by atoms with van der Waals surface area (Å²) in [6.45, 7) is 2.72. The van der Waals surface area contributed by atoms with Crippen LogP contribution in [0.3, 0.4) is 0 Å². The average Bonchev–Trinajstić information content (AvgIpc) is 2.84. The van der Waals surface area contributed by atoms with Crippen LogP contribution in [0.25, 0.3) is 6.08 Å². The zero-order valence-electron chi connectivity index (χ0n) is 11.8. The Morgan fingerprint density at radius 2 is 2.20 bits per heavy atom. The van der Waals surface area contributed by atoms with E-state index in [1.165, 1.54) is 17.2 Å². The van der Waals surface area contributed by atoms with Crippen molar-refractivity contribution in [2.45, 2.75) is 13.3 Å². The fourth-order valence-corrected chi connectivity index (χ4v) is 1.97. The van der Waals surface area contributed by atoms with Crippen LogP contribution < -0.4 is 5.32 Å². The Kier molecular flexibility index (Phi) is 4.71. The van der Waals surface area contributed by atoms with E-state index in [9.17, 15) is 4.79 Å². The van der Waals surface area contributed by atoms with Gasteiger partial charge in [-0.1, -0.05) is 24.3 Å². The van der Waals surface area contributed by atoms with Gasteiger partial charge < -0.3 is 5.32 Å². The van der Waals surface area contributed by atoms with Crippen LogP contribution in [-0.4, -0.2) is 22.2 Å². The van der Waals surface area contributed by atoms with Crippen LogP contribution >= 0.6 is 0 Å². The van der Waals surface area contributed by atoms with Gasteiger partial charge in [-0.3, -0.25) is 9.48 Å². The van der Waals surface area contributed by atoms with E-state index in [4.69, 9.17) is 0 Å². The number of aryl methyl sites for hydroxylation is 2. The predicted molar refractivity (Wildman–Crippen MR) is 80.1 cm³/mol. The normalized spacial score (nSPS) is 10.9. The molecule has 0 aliphatic rings. The molecule has 0 fully saturated rings. The van der Waals surface area contributed by atoms with Crippen molar-refractivity contribution in [2.24, 2.45) is 7.05 Å². The molecule has 0 unspecified atom stereocenters. The maximum absolute atomic E-state index is 11.7. The monoisotopic (exact) mass is 269 g/mol. The van der Waals surface area contributed by atoms with Gasteiger partial charge in [0.15, 0.2) is 0 Å². The van der Waals surface area contributed by atoms with E-state index >= 15 is 0 Å². The Labute approximate surface area is 119 Å². The van der Waals surface area contributed by atoms with Gasteiger partial charge in [0.1, 0.15) is 0 Å². The lowest BCUT2D eigenvalue weighted by molar-refractivity contribution is -0.116. The summed E-state index contributed by atoms with van der Waals surface area (Å²) in [4.78, 5) is 11.7. The highest BCUT2D eigenvalue weighted by Gasteiger charge is 1.99. The smallest absolute Gasteiger partial charge is 0.244 e. The molecule has 0 aliphatic heterocycles. The van der Waals surface area contributed by atoms with E-state index in [0.717, 1.165) is 12.0 Å². The van der Waals surface area contributed by atoms with E-state index in [1.54, 1.807) is 17.0 Å². The van der Waals surface area contributed by atoms with Crippen LogP contribution in [0.15, 0.2) is 42.7 Å². The molecule has 0 bridgehead atoms. The van der Waals surface area contributed by atoms with Crippen LogP contribution in [0, 0.1) is 6.92 Å². The highest BCUT2D eigenvalue weighted by atomic mass is 16.1. The largest absolute Gasteiger partial charge is 0.352 e. The highest BCUT2D eigenvalue weighted by molar-refractivity contribution is 5.91. The summed E-state index contributed by atoms with van der Waals surface area (Å²) in [6.07, 6.45) is 7.72. The fourth-order valence-electron chi connectivity index (χ4n) is 1.97. The molecule has 2 rings (SSSR count). The molecule has 0 spiro atoms. The molecule has 20 heavy (non-hydrogen) atoms. The van der Waals surface area contributed by atoms with E-state index in [0.29, 0.717) is 6.54 Å². The number of amides is 1. The molecule has 1 aromatic carbocycles. The second kappa shape index (κ2) is 6.70. The van der Waals surface area contributed by atoms with E-state index in [1.807, 2.05) is 25.4 Å². The van der Waals surface area contributed by atoms with Crippen molar-refractivity contribution in [1.29, 1.82) is 0 Å². The Balaban J connectivity index is 1.78. The topological polar surface area (TPSA) is 46.9 Å². The summed E-state index contributed by atoms with van der Waals surface area (Å²) in [5, 5.41) is 6.92. The van der Waals surface area contributed by atoms with Gasteiger partial charge in [-0.15, -0.1) is 0 Å². The van der Waals surface area contributed by atoms with Gasteiger partial charge in [0.2, 0.25) is 5.91 Å². The molecule has 0 atom stereocenters. The lowest BCUT2D eigenvalue weighted by atomic mass is 10.1. The van der Waals surface area contributed by atoms with Crippen LogP contribution in [0.5, 0.6) is 0 Å². The van der Waals surface area contributed by atoms with Crippen molar-refractivity contribution in [3.05, 3.63) is 59.4 Å². The average molecular weight is 269 g/mol. The molecule has 1 N–H and O–H groups in total. The summed E-state index contributed by atoms with van der Waals surface area (Å²) in [6, 6.07) is 8.22. The maximum atomic E-state index is 11.7. The van der Waals surface area contributed by atoms with Gasteiger partial charge in [-0.25, -0.2) is 0 Å². The van der Waals surface area contributed by atoms with Crippen LogP contribution in [0.1, 0.15) is 16.7 Å². The number of benzene rings is 1. The Morgan fingerprint density at radius 1 is 1.40 bits per heavy atom. The molecule has 0 saturated carbocycles. The molecule has 0 aliphatic carbocycles. The quantitative estimate of drug-likeness (QED) is 0.845. The number of aromatic nitrogens is 2. The van der Waals surface area contributed by atoms with E-state index in [2.05, 4.69) is 29.5 Å². The van der Waals surface area contributed by atoms with Gasteiger partial charge in [0.25, 0.3) is 0 Å². The van der Waals surface area contributed by atoms with Gasteiger partial charge in [0, 0.05) is 31.4 Å². The van der Waals surface area contributed by atoms with Gasteiger partial charge in [0.05, 0.1) is 6.20 Å². The minimum absolute atomic E-state index is 0.0811. The second-order valence-corrected chi connectivity index (χ2v) is 4.75. The second-order valence-electron chi connectivity index (χ2n) is 4.75. The first-order valence-electron chi connectivity index (χ1n) is 6.64. The minimum atomic E-state index is -0.0811. The molecule has 4 nitrogen and oxygen atoms in total. The summed E-state index contributed by atoms with van der Waals surface area (Å²) in [7, 11) is 1.85. The number of hydrogen-bond acceptors (Lipinski definition) is 2. The molecule has 1 aromatic heterocycles. The molecule has 0 radical (unpaired) electrons. The third kappa shape index (κ3) is 4.09. The molecule has 0 saturated heterocycles. The van der Waals surface area contributed by atoms with Crippen LogP contribution in [-0.2, 0) is 18.3 Å². The summed E-state index contributed by atoms with van der Waals surface area (Å²) in [5.41, 5.74) is 3.44. The lowest BCUT2D eigenvalue weighted by Crippen LogP contribution is -2.23. The van der Waals surface area contributed by atoms with Crippen molar-refractivity contribution in [2.75, 3.05) is 6.54 Å². The maximum Gasteiger partial charge on any atom is 0.244 e. The van der Waals surface area contributed by atoms with Gasteiger partial charge in [-0.2, -0.15) is 5.10 Å². The van der Waals surface area contributed by atoms with Crippen molar-refractivity contribution < 1.29 is 4.79 Å². The van der Waals surface area contributed by atoms with Gasteiger partial charge in [-0.05, 0) is 30.5 Å². The first kappa shape index (κ1) is 14.1. The fraction of sp³-hybridized carbons (Fsp3) is 0.250. The van der Waals surface area contributed by atoms with E-state index in [-0.39, 0.29) is 5.91 Å². The Hall–Kier alpha value is -2.36. The molecule has 1 heterocycles. The molecule has 1 amide bonds. The van der Waals surface area contributed by atoms with Crippen molar-refractivity contribution in [3.8, 4) is 0 Å². The molecule has 104 valence electrons. The third-order valence-corrected chi connectivity index (χ3v) is 3.11. The predicted octanol–water partition coefficient (Wildman–Crippen LogP) is 2.10. The SMILES string of the molecule is Cc1ccccc1CCNC(=O)C=Cc1cnn(C)c1. The minimum Gasteiger partial charge on any atom is -0.352 e. The summed E-state index contributed by atoms with van der Waals surface area (Å²) < 4.78 is 1.70. The standard InChI is InChI=1S/C16H19N3O/c1-13-5-3-4-6-15(13)9-10-17-16(20)8-7-14-11-18-19(2)12-14/h3-8,11-12H,9-10H2,1-2H3,(H,17,20). The van der Waals surface area contributed by atoms with Crippen LogP contribution in [0.4, 0.5) is 0 Å². The van der Waals surface area contributed by atoms with Crippen molar-refractivity contribution >= 4 is 12.0 Å². The summed E-state index contributed by atoms with van der Waals surface area (Å²) in [5.74, 6) is -0.0811. The third-order valence-electron chi connectivity index (χ3n) is 3.11. The Morgan fingerprint density at radius 3 is 2.90 bits per heavy atom. The molecular weight excluding hydrogens is 250 g/mol. The van der Waals surface area contributed by atoms with Crippen LogP contribution in [0.2, 0.25) is 0 Å². The Bertz CT molecular complexity index is 614. The molecule has 4 heteroatoms. The molecular formula is C16H19N3O. The number of rotatable bonds is 5. The zero-order chi connectivity index (χ0) is 14.4. The van der Waals surface area contributed by atoms with E-state index < -0.39 is 0 Å². The number of carbonyl (C=O) groups excluding carboxylic acids is 1. The first-order chi connectivity index (χ1) is 9.65. The molecule has 2 aromatic rings.